The average molecular weight is 234 g/mol. The van der Waals surface area contributed by atoms with Crippen molar-refractivity contribution < 1.29 is 13.9 Å². The van der Waals surface area contributed by atoms with E-state index < -0.39 is 8.32 Å². The third kappa shape index (κ3) is 5.66. The fourth-order valence-electron chi connectivity index (χ4n) is 1.59. The van der Waals surface area contributed by atoms with Gasteiger partial charge in [0.1, 0.15) is 0 Å². The Kier molecular flexibility index (Phi) is 7.43. The molecule has 4 heteroatoms. The van der Waals surface area contributed by atoms with Crippen molar-refractivity contribution in [2.24, 2.45) is 0 Å². The third-order valence-electron chi connectivity index (χ3n) is 2.60. The van der Waals surface area contributed by atoms with Gasteiger partial charge in [-0.25, -0.2) is 0 Å². The summed E-state index contributed by atoms with van der Waals surface area (Å²) in [5, 5.41) is 0. The van der Waals surface area contributed by atoms with Gasteiger partial charge in [-0.3, -0.25) is 0 Å². The Morgan fingerprint density at radius 3 is 2.20 bits per heavy atom. The van der Waals surface area contributed by atoms with Gasteiger partial charge in [-0.15, -0.1) is 0 Å². The van der Waals surface area contributed by atoms with Gasteiger partial charge in [0.15, 0.2) is 0 Å². The molecule has 2 atom stereocenters. The van der Waals surface area contributed by atoms with Gasteiger partial charge in [-0.1, -0.05) is 6.92 Å². The maximum Gasteiger partial charge on any atom is 0.214 e. The predicted octanol–water partition coefficient (Wildman–Crippen LogP) is 2.60. The van der Waals surface area contributed by atoms with Gasteiger partial charge in [-0.2, -0.15) is 0 Å². The van der Waals surface area contributed by atoms with E-state index in [0.29, 0.717) is 6.61 Å². The molecule has 0 N–H and O–H groups in total. The van der Waals surface area contributed by atoms with Crippen LogP contribution in [0.25, 0.3) is 0 Å². The lowest BCUT2D eigenvalue weighted by Gasteiger charge is -2.31. The zero-order chi connectivity index (χ0) is 11.9. The lowest BCUT2D eigenvalue weighted by Crippen LogP contribution is -2.47. The number of ether oxygens (including phenoxy) is 2. The van der Waals surface area contributed by atoms with E-state index in [4.69, 9.17) is 13.9 Å². The molecule has 0 amide bonds. The molecule has 3 nitrogen and oxygen atoms in total. The zero-order valence-corrected chi connectivity index (χ0v) is 12.0. The molecular formula is C11H26O3Si. The highest BCUT2D eigenvalue weighted by molar-refractivity contribution is 6.72. The molecule has 0 aliphatic rings. The fourth-order valence-corrected chi connectivity index (χ4v) is 4.01. The monoisotopic (exact) mass is 234 g/mol. The number of hydrogen-bond acceptors (Lipinski definition) is 3. The quantitative estimate of drug-likeness (QED) is 0.604. The molecule has 0 bridgehead atoms. The second-order valence-electron chi connectivity index (χ2n) is 4.31. The van der Waals surface area contributed by atoms with Crippen LogP contribution in [0.1, 0.15) is 27.2 Å². The van der Waals surface area contributed by atoms with Crippen molar-refractivity contribution in [3.8, 4) is 0 Å². The van der Waals surface area contributed by atoms with E-state index >= 15 is 0 Å². The Morgan fingerprint density at radius 2 is 1.80 bits per heavy atom. The summed E-state index contributed by atoms with van der Waals surface area (Å²) in [4.78, 5) is 0. The summed E-state index contributed by atoms with van der Waals surface area (Å²) in [6.45, 7) is 12.1. The first kappa shape index (κ1) is 15.1. The SMILES string of the molecule is CCO[Si](C)(C)C(CC)OCC(C)OC. The highest BCUT2D eigenvalue weighted by atomic mass is 28.4. The summed E-state index contributed by atoms with van der Waals surface area (Å²) < 4.78 is 16.9. The Hall–Kier alpha value is 0.0969. The number of rotatable bonds is 8. The lowest BCUT2D eigenvalue weighted by molar-refractivity contribution is -0.00332. The number of hydrogen-bond donors (Lipinski definition) is 0. The molecule has 0 aromatic rings. The highest BCUT2D eigenvalue weighted by Crippen LogP contribution is 2.17. The summed E-state index contributed by atoms with van der Waals surface area (Å²) >= 11 is 0. The van der Waals surface area contributed by atoms with Crippen LogP contribution in [-0.2, 0) is 13.9 Å². The van der Waals surface area contributed by atoms with E-state index in [1.54, 1.807) is 7.11 Å². The van der Waals surface area contributed by atoms with E-state index in [9.17, 15) is 0 Å². The maximum absolute atomic E-state index is 5.87. The molecule has 0 aliphatic heterocycles. The van der Waals surface area contributed by atoms with Gasteiger partial charge in [0.25, 0.3) is 0 Å². The van der Waals surface area contributed by atoms with Crippen LogP contribution in [0.2, 0.25) is 13.1 Å². The highest BCUT2D eigenvalue weighted by Gasteiger charge is 2.33. The van der Waals surface area contributed by atoms with Crippen molar-refractivity contribution in [2.75, 3.05) is 20.3 Å². The van der Waals surface area contributed by atoms with Gasteiger partial charge in [-0.05, 0) is 33.4 Å². The van der Waals surface area contributed by atoms with Gasteiger partial charge >= 0.3 is 0 Å². The first-order chi connectivity index (χ1) is 6.97. The van der Waals surface area contributed by atoms with Crippen molar-refractivity contribution >= 4 is 8.32 Å². The van der Waals surface area contributed by atoms with E-state index in [1.807, 2.05) is 13.8 Å². The maximum atomic E-state index is 5.87. The van der Waals surface area contributed by atoms with E-state index in [-0.39, 0.29) is 11.8 Å². The van der Waals surface area contributed by atoms with Gasteiger partial charge < -0.3 is 13.9 Å². The molecule has 2 unspecified atom stereocenters. The Labute approximate surface area is 95.2 Å². The van der Waals surface area contributed by atoms with E-state index in [1.165, 1.54) is 0 Å². The van der Waals surface area contributed by atoms with Crippen LogP contribution in [0.3, 0.4) is 0 Å². The molecule has 0 aliphatic carbocycles. The average Bonchev–Trinajstić information content (AvgIpc) is 2.17. The van der Waals surface area contributed by atoms with Crippen molar-refractivity contribution in [1.29, 1.82) is 0 Å². The smallest absolute Gasteiger partial charge is 0.214 e. The second kappa shape index (κ2) is 7.38. The van der Waals surface area contributed by atoms with Crippen molar-refractivity contribution in [1.82, 2.24) is 0 Å². The zero-order valence-electron chi connectivity index (χ0n) is 11.0. The summed E-state index contributed by atoms with van der Waals surface area (Å²) in [6, 6.07) is 0. The molecule has 0 fully saturated rings. The summed E-state index contributed by atoms with van der Waals surface area (Å²) in [5.74, 6) is 0. The normalized spacial score (nSPS) is 16.4. The molecule has 0 aromatic heterocycles. The standard InChI is InChI=1S/C11H26O3Si/c1-7-11(13-9-10(3)12-4)15(5,6)14-8-2/h10-11H,7-9H2,1-6H3. The first-order valence-corrected chi connectivity index (χ1v) is 8.74. The lowest BCUT2D eigenvalue weighted by atomic mass is 10.4. The Morgan fingerprint density at radius 1 is 1.20 bits per heavy atom. The summed E-state index contributed by atoms with van der Waals surface area (Å²) in [6.07, 6.45) is 1.17. The first-order valence-electron chi connectivity index (χ1n) is 5.76. The van der Waals surface area contributed by atoms with Crippen LogP contribution >= 0.6 is 0 Å². The van der Waals surface area contributed by atoms with E-state index in [0.717, 1.165) is 13.0 Å². The molecular weight excluding hydrogens is 208 g/mol. The van der Waals surface area contributed by atoms with Gasteiger partial charge in [0, 0.05) is 13.7 Å². The minimum atomic E-state index is -1.69. The van der Waals surface area contributed by atoms with Crippen LogP contribution in [0.5, 0.6) is 0 Å². The summed E-state index contributed by atoms with van der Waals surface area (Å²) in [7, 11) is 0.0183. The fraction of sp³-hybridized carbons (Fsp3) is 1.00. The van der Waals surface area contributed by atoms with Crippen LogP contribution in [0.4, 0.5) is 0 Å². The largest absolute Gasteiger partial charge is 0.415 e. The molecule has 0 radical (unpaired) electrons. The molecule has 15 heavy (non-hydrogen) atoms. The van der Waals surface area contributed by atoms with Crippen LogP contribution < -0.4 is 0 Å². The molecule has 0 saturated heterocycles. The van der Waals surface area contributed by atoms with Crippen molar-refractivity contribution in [3.63, 3.8) is 0 Å². The molecule has 0 rings (SSSR count). The van der Waals surface area contributed by atoms with Crippen LogP contribution in [0, 0.1) is 0 Å². The Balaban J connectivity index is 4.11. The Bertz CT molecular complexity index is 162. The van der Waals surface area contributed by atoms with E-state index in [2.05, 4.69) is 20.0 Å². The molecule has 0 spiro atoms. The molecule has 0 aromatic carbocycles. The topological polar surface area (TPSA) is 27.7 Å². The summed E-state index contributed by atoms with van der Waals surface area (Å²) in [5.41, 5.74) is 0.259. The number of methoxy groups -OCH3 is 1. The third-order valence-corrected chi connectivity index (χ3v) is 5.76. The molecule has 0 saturated carbocycles. The van der Waals surface area contributed by atoms with Gasteiger partial charge in [0.05, 0.1) is 18.4 Å². The second-order valence-corrected chi connectivity index (χ2v) is 8.45. The van der Waals surface area contributed by atoms with Crippen molar-refractivity contribution in [2.45, 2.75) is 52.1 Å². The van der Waals surface area contributed by atoms with Crippen LogP contribution in [-0.4, -0.2) is 40.5 Å². The molecule has 0 heterocycles. The minimum Gasteiger partial charge on any atom is -0.415 e. The molecule has 92 valence electrons. The van der Waals surface area contributed by atoms with Crippen molar-refractivity contribution in [3.05, 3.63) is 0 Å². The van der Waals surface area contributed by atoms with Crippen LogP contribution in [0.15, 0.2) is 0 Å². The predicted molar refractivity (Wildman–Crippen MR) is 65.6 cm³/mol. The minimum absolute atomic E-state index is 0.158. The van der Waals surface area contributed by atoms with Gasteiger partial charge in [0.2, 0.25) is 8.32 Å².